The monoisotopic (exact) mass is 285 g/mol. The molecule has 0 saturated heterocycles. The fourth-order valence-electron chi connectivity index (χ4n) is 2.32. The molecule has 1 atom stereocenters. The molecule has 0 spiro atoms. The van der Waals surface area contributed by atoms with Gasteiger partial charge in [0, 0.05) is 12.2 Å². The Morgan fingerprint density at radius 1 is 1.24 bits per heavy atom. The molecule has 2 aromatic rings. The number of nitrogens with one attached hydrogen (secondary N) is 3. The van der Waals surface area contributed by atoms with Crippen LogP contribution in [0.3, 0.4) is 0 Å². The lowest BCUT2D eigenvalue weighted by Crippen LogP contribution is -2.42. The van der Waals surface area contributed by atoms with Gasteiger partial charge in [0.1, 0.15) is 11.9 Å². The fourth-order valence-corrected chi connectivity index (χ4v) is 2.32. The molecule has 1 aliphatic heterocycles. The molecule has 3 N–H and O–H groups in total. The number of fused-ring (bicyclic) bond motifs is 1. The van der Waals surface area contributed by atoms with Gasteiger partial charge in [-0.05, 0) is 36.8 Å². The van der Waals surface area contributed by atoms with Crippen molar-refractivity contribution in [2.24, 2.45) is 0 Å². The number of rotatable bonds is 2. The van der Waals surface area contributed by atoms with Crippen molar-refractivity contribution in [2.75, 3.05) is 22.5 Å². The van der Waals surface area contributed by atoms with E-state index in [0.717, 1.165) is 16.9 Å². The number of anilines is 3. The molecule has 2 aromatic carbocycles. The van der Waals surface area contributed by atoms with Crippen LogP contribution in [0.15, 0.2) is 42.5 Å². The summed E-state index contributed by atoms with van der Waals surface area (Å²) >= 11 is 0. The van der Waals surface area contributed by atoms with E-state index in [0.29, 0.717) is 12.2 Å². The molecular weight excluding hydrogens is 269 g/mol. The summed E-state index contributed by atoms with van der Waals surface area (Å²) in [6.45, 7) is 2.31. The lowest BCUT2D eigenvalue weighted by Gasteiger charge is -2.27. The second-order valence-electron chi connectivity index (χ2n) is 5.07. The predicted molar refractivity (Wildman–Crippen MR) is 82.1 cm³/mol. The summed E-state index contributed by atoms with van der Waals surface area (Å²) < 4.78 is 13.3. The maximum absolute atomic E-state index is 13.3. The van der Waals surface area contributed by atoms with Crippen molar-refractivity contribution >= 4 is 23.0 Å². The maximum atomic E-state index is 13.3. The first-order valence-electron chi connectivity index (χ1n) is 6.80. The topological polar surface area (TPSA) is 53.2 Å². The van der Waals surface area contributed by atoms with Crippen LogP contribution in [-0.4, -0.2) is 18.5 Å². The van der Waals surface area contributed by atoms with E-state index in [-0.39, 0.29) is 11.7 Å². The summed E-state index contributed by atoms with van der Waals surface area (Å²) in [6, 6.07) is 11.7. The van der Waals surface area contributed by atoms with Crippen molar-refractivity contribution in [3.05, 3.63) is 53.8 Å². The van der Waals surface area contributed by atoms with Crippen molar-refractivity contribution in [1.82, 2.24) is 0 Å². The zero-order chi connectivity index (χ0) is 14.8. The molecule has 0 saturated carbocycles. The number of halogens is 1. The van der Waals surface area contributed by atoms with Gasteiger partial charge in [-0.1, -0.05) is 18.2 Å². The van der Waals surface area contributed by atoms with Gasteiger partial charge in [0.15, 0.2) is 0 Å². The van der Waals surface area contributed by atoms with Crippen LogP contribution in [0, 0.1) is 12.7 Å². The fraction of sp³-hybridized carbons (Fsp3) is 0.188. The van der Waals surface area contributed by atoms with Gasteiger partial charge in [0.05, 0.1) is 11.4 Å². The molecule has 1 aliphatic rings. The number of para-hydroxylation sites is 2. The Morgan fingerprint density at radius 2 is 2.00 bits per heavy atom. The summed E-state index contributed by atoms with van der Waals surface area (Å²) in [7, 11) is 0. The number of amides is 1. The molecule has 5 heteroatoms. The molecule has 0 radical (unpaired) electrons. The second-order valence-corrected chi connectivity index (χ2v) is 5.07. The van der Waals surface area contributed by atoms with Crippen LogP contribution in [0.4, 0.5) is 21.5 Å². The van der Waals surface area contributed by atoms with Gasteiger partial charge in [0.25, 0.3) is 0 Å². The number of carbonyl (C=O) groups is 1. The minimum atomic E-state index is -0.400. The SMILES string of the molecule is Cc1ccc(F)cc1NC(=O)C1CNc2ccccc2N1. The van der Waals surface area contributed by atoms with Crippen molar-refractivity contribution < 1.29 is 9.18 Å². The lowest BCUT2D eigenvalue weighted by molar-refractivity contribution is -0.116. The van der Waals surface area contributed by atoms with Crippen LogP contribution in [0.1, 0.15) is 5.56 Å². The first kappa shape index (κ1) is 13.4. The Morgan fingerprint density at radius 3 is 2.81 bits per heavy atom. The van der Waals surface area contributed by atoms with Gasteiger partial charge < -0.3 is 16.0 Å². The minimum Gasteiger partial charge on any atom is -0.381 e. The average molecular weight is 285 g/mol. The Hall–Kier alpha value is -2.56. The maximum Gasteiger partial charge on any atom is 0.248 e. The molecule has 1 heterocycles. The van der Waals surface area contributed by atoms with Crippen LogP contribution < -0.4 is 16.0 Å². The van der Waals surface area contributed by atoms with E-state index >= 15 is 0 Å². The first-order valence-corrected chi connectivity index (χ1v) is 6.80. The Kier molecular flexibility index (Phi) is 3.48. The average Bonchev–Trinajstić information content (AvgIpc) is 2.50. The van der Waals surface area contributed by atoms with Crippen LogP contribution in [0.5, 0.6) is 0 Å². The van der Waals surface area contributed by atoms with Gasteiger partial charge in [-0.2, -0.15) is 0 Å². The highest BCUT2D eigenvalue weighted by molar-refractivity contribution is 5.98. The van der Waals surface area contributed by atoms with Gasteiger partial charge >= 0.3 is 0 Å². The van der Waals surface area contributed by atoms with E-state index in [1.165, 1.54) is 12.1 Å². The van der Waals surface area contributed by atoms with Crippen LogP contribution in [0.2, 0.25) is 0 Å². The summed E-state index contributed by atoms with van der Waals surface area (Å²) in [5.74, 6) is -0.554. The van der Waals surface area contributed by atoms with Gasteiger partial charge in [-0.3, -0.25) is 4.79 Å². The Labute approximate surface area is 122 Å². The molecule has 4 nitrogen and oxygen atoms in total. The molecule has 3 rings (SSSR count). The zero-order valence-electron chi connectivity index (χ0n) is 11.6. The van der Waals surface area contributed by atoms with Crippen LogP contribution in [0.25, 0.3) is 0 Å². The van der Waals surface area contributed by atoms with Crippen molar-refractivity contribution in [1.29, 1.82) is 0 Å². The van der Waals surface area contributed by atoms with E-state index in [9.17, 15) is 9.18 Å². The highest BCUT2D eigenvalue weighted by atomic mass is 19.1. The van der Waals surface area contributed by atoms with Gasteiger partial charge in [-0.15, -0.1) is 0 Å². The normalized spacial score (nSPS) is 16.4. The summed E-state index contributed by atoms with van der Waals surface area (Å²) in [5, 5.41) is 9.16. The number of aryl methyl sites for hydroxylation is 1. The molecular formula is C16H16FN3O. The Bertz CT molecular complexity index is 687. The molecule has 1 unspecified atom stereocenters. The summed E-state index contributed by atoms with van der Waals surface area (Å²) in [4.78, 5) is 12.3. The highest BCUT2D eigenvalue weighted by Gasteiger charge is 2.23. The molecule has 0 aliphatic carbocycles. The number of hydrogen-bond donors (Lipinski definition) is 3. The minimum absolute atomic E-state index is 0.189. The third kappa shape index (κ3) is 2.81. The zero-order valence-corrected chi connectivity index (χ0v) is 11.6. The summed E-state index contributed by atoms with van der Waals surface area (Å²) in [6.07, 6.45) is 0. The molecule has 0 aromatic heterocycles. The smallest absolute Gasteiger partial charge is 0.248 e. The van der Waals surface area contributed by atoms with Crippen molar-refractivity contribution in [3.8, 4) is 0 Å². The van der Waals surface area contributed by atoms with Gasteiger partial charge in [-0.25, -0.2) is 4.39 Å². The predicted octanol–water partition coefficient (Wildman–Crippen LogP) is 2.98. The number of hydrogen-bond acceptors (Lipinski definition) is 3. The molecule has 108 valence electrons. The number of benzene rings is 2. The van der Waals surface area contributed by atoms with E-state index in [1.807, 2.05) is 31.2 Å². The number of carbonyl (C=O) groups excluding carboxylic acids is 1. The van der Waals surface area contributed by atoms with Crippen LogP contribution in [-0.2, 0) is 4.79 Å². The van der Waals surface area contributed by atoms with Crippen molar-refractivity contribution in [3.63, 3.8) is 0 Å². The van der Waals surface area contributed by atoms with Gasteiger partial charge in [0.2, 0.25) is 5.91 Å². The van der Waals surface area contributed by atoms with E-state index in [2.05, 4.69) is 16.0 Å². The van der Waals surface area contributed by atoms with Crippen molar-refractivity contribution in [2.45, 2.75) is 13.0 Å². The first-order chi connectivity index (χ1) is 10.1. The third-order valence-corrected chi connectivity index (χ3v) is 3.53. The van der Waals surface area contributed by atoms with E-state index < -0.39 is 6.04 Å². The quantitative estimate of drug-likeness (QED) is 0.795. The highest BCUT2D eigenvalue weighted by Crippen LogP contribution is 2.25. The molecule has 0 fully saturated rings. The largest absolute Gasteiger partial charge is 0.381 e. The summed E-state index contributed by atoms with van der Waals surface area (Å²) in [5.41, 5.74) is 3.19. The Balaban J connectivity index is 1.74. The van der Waals surface area contributed by atoms with E-state index in [1.54, 1.807) is 6.07 Å². The van der Waals surface area contributed by atoms with E-state index in [4.69, 9.17) is 0 Å². The molecule has 0 bridgehead atoms. The third-order valence-electron chi connectivity index (χ3n) is 3.53. The lowest BCUT2D eigenvalue weighted by atomic mass is 10.1. The molecule has 21 heavy (non-hydrogen) atoms. The van der Waals surface area contributed by atoms with Crippen LogP contribution >= 0.6 is 0 Å². The standard InChI is InChI=1S/C16H16FN3O/c1-10-6-7-11(17)8-14(10)20-16(21)15-9-18-12-4-2-3-5-13(12)19-15/h2-8,15,18-19H,9H2,1H3,(H,20,21). The molecule has 1 amide bonds. The second kappa shape index (κ2) is 5.44.